The van der Waals surface area contributed by atoms with Crippen LogP contribution in [0.4, 0.5) is 10.1 Å². The number of hydrogen-bond acceptors (Lipinski definition) is 6. The first-order valence-corrected chi connectivity index (χ1v) is 11.7. The summed E-state index contributed by atoms with van der Waals surface area (Å²) in [6, 6.07) is 13.6. The largest absolute Gasteiger partial charge is 0.352 e. The van der Waals surface area contributed by atoms with Crippen LogP contribution < -0.4 is 10.6 Å². The summed E-state index contributed by atoms with van der Waals surface area (Å²) < 4.78 is 13.8. The van der Waals surface area contributed by atoms with E-state index in [9.17, 15) is 18.8 Å². The molecule has 2 N–H and O–H groups in total. The molecule has 2 heterocycles. The molecule has 1 saturated heterocycles. The van der Waals surface area contributed by atoms with Crippen LogP contribution in [0.2, 0.25) is 0 Å². The molecule has 0 saturated carbocycles. The number of halogens is 1. The standard InChI is InChI=1S/C24H24FN5O3S/c1-15-8-10-18(11-9-15)27-21(32)22-28-29-23(34-22)24(33)30-12-4-6-17(14-30)20(31)26-13-16-5-2-3-7-19(16)25/h2-3,5,7-11,17H,4,6,12-14H2,1H3,(H,26,31)(H,27,32). The summed E-state index contributed by atoms with van der Waals surface area (Å²) in [5.74, 6) is -1.80. The Balaban J connectivity index is 1.34. The van der Waals surface area contributed by atoms with Gasteiger partial charge in [-0.05, 0) is 38.0 Å². The van der Waals surface area contributed by atoms with Crippen LogP contribution in [0.3, 0.4) is 0 Å². The fourth-order valence-corrected chi connectivity index (χ4v) is 4.41. The van der Waals surface area contributed by atoms with Gasteiger partial charge in [-0.2, -0.15) is 0 Å². The van der Waals surface area contributed by atoms with Crippen molar-refractivity contribution in [3.05, 3.63) is 75.5 Å². The van der Waals surface area contributed by atoms with Crippen molar-refractivity contribution in [2.45, 2.75) is 26.3 Å². The van der Waals surface area contributed by atoms with E-state index < -0.39 is 11.8 Å². The Morgan fingerprint density at radius 3 is 2.59 bits per heavy atom. The Bertz CT molecular complexity index is 1200. The number of aryl methyl sites for hydroxylation is 1. The van der Waals surface area contributed by atoms with Gasteiger partial charge in [-0.25, -0.2) is 4.39 Å². The first-order chi connectivity index (χ1) is 16.4. The van der Waals surface area contributed by atoms with Crippen molar-refractivity contribution in [1.82, 2.24) is 20.4 Å². The van der Waals surface area contributed by atoms with Crippen LogP contribution in [0.25, 0.3) is 0 Å². The van der Waals surface area contributed by atoms with Gasteiger partial charge in [0.2, 0.25) is 15.9 Å². The van der Waals surface area contributed by atoms with Gasteiger partial charge in [0.25, 0.3) is 11.8 Å². The highest BCUT2D eigenvalue weighted by atomic mass is 32.1. The van der Waals surface area contributed by atoms with E-state index in [0.717, 1.165) is 16.9 Å². The van der Waals surface area contributed by atoms with E-state index in [-0.39, 0.29) is 40.7 Å². The highest BCUT2D eigenvalue weighted by Gasteiger charge is 2.31. The number of anilines is 1. The lowest BCUT2D eigenvalue weighted by Gasteiger charge is -2.31. The first-order valence-electron chi connectivity index (χ1n) is 10.9. The summed E-state index contributed by atoms with van der Waals surface area (Å²) in [4.78, 5) is 39.6. The number of aromatic nitrogens is 2. The predicted octanol–water partition coefficient (Wildman–Crippen LogP) is 3.41. The van der Waals surface area contributed by atoms with E-state index in [0.29, 0.717) is 30.6 Å². The molecular weight excluding hydrogens is 457 g/mol. The van der Waals surface area contributed by atoms with Gasteiger partial charge in [-0.3, -0.25) is 14.4 Å². The Kier molecular flexibility index (Phi) is 7.27. The SMILES string of the molecule is Cc1ccc(NC(=O)c2nnc(C(=O)N3CCCC(C(=O)NCc4ccccc4F)C3)s2)cc1. The number of benzene rings is 2. The van der Waals surface area contributed by atoms with Crippen molar-refractivity contribution >= 4 is 34.7 Å². The molecule has 1 unspecified atom stereocenters. The fourth-order valence-electron chi connectivity index (χ4n) is 3.70. The van der Waals surface area contributed by atoms with Crippen molar-refractivity contribution < 1.29 is 18.8 Å². The maximum atomic E-state index is 13.8. The van der Waals surface area contributed by atoms with Gasteiger partial charge < -0.3 is 15.5 Å². The Hall–Kier alpha value is -3.66. The van der Waals surface area contributed by atoms with Crippen LogP contribution in [0.1, 0.15) is 43.6 Å². The van der Waals surface area contributed by atoms with Crippen molar-refractivity contribution in [2.75, 3.05) is 18.4 Å². The van der Waals surface area contributed by atoms with Crippen LogP contribution in [-0.4, -0.2) is 45.9 Å². The molecule has 1 fully saturated rings. The molecule has 0 radical (unpaired) electrons. The van der Waals surface area contributed by atoms with Crippen LogP contribution >= 0.6 is 11.3 Å². The molecule has 0 bridgehead atoms. The third-order valence-electron chi connectivity index (χ3n) is 5.60. The van der Waals surface area contributed by atoms with Crippen LogP contribution in [0.5, 0.6) is 0 Å². The van der Waals surface area contributed by atoms with Crippen LogP contribution in [0, 0.1) is 18.7 Å². The predicted molar refractivity (Wildman–Crippen MR) is 126 cm³/mol. The normalized spacial score (nSPS) is 15.6. The molecule has 1 atom stereocenters. The maximum Gasteiger partial charge on any atom is 0.286 e. The molecule has 176 valence electrons. The van der Waals surface area contributed by atoms with E-state index in [1.165, 1.54) is 6.07 Å². The highest BCUT2D eigenvalue weighted by Crippen LogP contribution is 2.21. The number of piperidine rings is 1. The second-order valence-electron chi connectivity index (χ2n) is 8.13. The average Bonchev–Trinajstić information content (AvgIpc) is 3.35. The third kappa shape index (κ3) is 5.63. The Morgan fingerprint density at radius 1 is 1.09 bits per heavy atom. The topological polar surface area (TPSA) is 104 Å². The van der Waals surface area contributed by atoms with Gasteiger partial charge in [0.05, 0.1) is 5.92 Å². The summed E-state index contributed by atoms with van der Waals surface area (Å²) in [6.07, 6.45) is 1.29. The summed E-state index contributed by atoms with van der Waals surface area (Å²) in [5, 5.41) is 13.4. The first kappa shape index (κ1) is 23.5. The zero-order valence-electron chi connectivity index (χ0n) is 18.6. The Morgan fingerprint density at radius 2 is 1.82 bits per heavy atom. The second kappa shape index (κ2) is 10.5. The van der Waals surface area contributed by atoms with Crippen molar-refractivity contribution in [3.8, 4) is 0 Å². The molecule has 34 heavy (non-hydrogen) atoms. The average molecular weight is 482 g/mol. The second-order valence-corrected chi connectivity index (χ2v) is 9.11. The zero-order valence-corrected chi connectivity index (χ0v) is 19.4. The van der Waals surface area contributed by atoms with E-state index in [4.69, 9.17) is 0 Å². The number of hydrogen-bond donors (Lipinski definition) is 2. The smallest absolute Gasteiger partial charge is 0.286 e. The summed E-state index contributed by atoms with van der Waals surface area (Å²) >= 11 is 0.916. The molecular formula is C24H24FN5O3S. The lowest BCUT2D eigenvalue weighted by atomic mass is 9.97. The molecule has 3 aromatic rings. The van der Waals surface area contributed by atoms with E-state index in [1.807, 2.05) is 19.1 Å². The van der Waals surface area contributed by atoms with Gasteiger partial charge >= 0.3 is 0 Å². The fraction of sp³-hybridized carbons (Fsp3) is 0.292. The molecule has 0 spiro atoms. The van der Waals surface area contributed by atoms with Gasteiger partial charge in [-0.1, -0.05) is 47.2 Å². The van der Waals surface area contributed by atoms with E-state index >= 15 is 0 Å². The van der Waals surface area contributed by atoms with Gasteiger partial charge in [-0.15, -0.1) is 10.2 Å². The van der Waals surface area contributed by atoms with Crippen molar-refractivity contribution in [1.29, 1.82) is 0 Å². The number of likely N-dealkylation sites (tertiary alicyclic amines) is 1. The number of amides is 3. The molecule has 3 amide bonds. The molecule has 0 aliphatic carbocycles. The number of nitrogens with zero attached hydrogens (tertiary/aromatic N) is 3. The van der Waals surface area contributed by atoms with Crippen molar-refractivity contribution in [2.24, 2.45) is 5.92 Å². The number of carbonyl (C=O) groups excluding carboxylic acids is 3. The Labute approximate surface area is 200 Å². The molecule has 2 aromatic carbocycles. The zero-order chi connectivity index (χ0) is 24.1. The number of carbonyl (C=O) groups is 3. The minimum absolute atomic E-state index is 0.0834. The van der Waals surface area contributed by atoms with Gasteiger partial charge in [0.1, 0.15) is 5.82 Å². The monoisotopic (exact) mass is 481 g/mol. The quantitative estimate of drug-likeness (QED) is 0.562. The minimum Gasteiger partial charge on any atom is -0.352 e. The number of rotatable bonds is 6. The van der Waals surface area contributed by atoms with E-state index in [2.05, 4.69) is 20.8 Å². The molecule has 10 heteroatoms. The third-order valence-corrected chi connectivity index (χ3v) is 6.51. The molecule has 1 aliphatic heterocycles. The number of nitrogens with one attached hydrogen (secondary N) is 2. The highest BCUT2D eigenvalue weighted by molar-refractivity contribution is 7.15. The molecule has 1 aromatic heterocycles. The summed E-state index contributed by atoms with van der Waals surface area (Å²) in [7, 11) is 0. The lowest BCUT2D eigenvalue weighted by molar-refractivity contribution is -0.126. The van der Waals surface area contributed by atoms with Gasteiger partial charge in [0, 0.05) is 30.9 Å². The maximum absolute atomic E-state index is 13.8. The summed E-state index contributed by atoms with van der Waals surface area (Å²) in [6.45, 7) is 2.75. The van der Waals surface area contributed by atoms with E-state index in [1.54, 1.807) is 35.2 Å². The lowest BCUT2D eigenvalue weighted by Crippen LogP contribution is -2.45. The summed E-state index contributed by atoms with van der Waals surface area (Å²) in [5.41, 5.74) is 2.10. The van der Waals surface area contributed by atoms with Crippen LogP contribution in [0.15, 0.2) is 48.5 Å². The molecule has 1 aliphatic rings. The van der Waals surface area contributed by atoms with Crippen molar-refractivity contribution in [3.63, 3.8) is 0 Å². The van der Waals surface area contributed by atoms with Crippen LogP contribution in [-0.2, 0) is 11.3 Å². The molecule has 8 nitrogen and oxygen atoms in total. The van der Waals surface area contributed by atoms with Gasteiger partial charge in [0.15, 0.2) is 0 Å². The minimum atomic E-state index is -0.440. The molecule has 4 rings (SSSR count).